The van der Waals surface area contributed by atoms with Crippen molar-refractivity contribution < 1.29 is 19.1 Å². The predicted molar refractivity (Wildman–Crippen MR) is 109 cm³/mol. The van der Waals surface area contributed by atoms with E-state index in [4.69, 9.17) is 4.74 Å². The Hall–Kier alpha value is -2.31. The van der Waals surface area contributed by atoms with Crippen molar-refractivity contribution >= 4 is 45.5 Å². The Morgan fingerprint density at radius 1 is 1.43 bits per heavy atom. The Morgan fingerprint density at radius 2 is 2.18 bits per heavy atom. The number of rotatable bonds is 7. The van der Waals surface area contributed by atoms with Crippen molar-refractivity contribution in [2.24, 2.45) is 5.92 Å². The molecule has 1 aromatic carbocycles. The Kier molecular flexibility index (Phi) is 8.08. The lowest BCUT2D eigenvalue weighted by Crippen LogP contribution is -2.44. The van der Waals surface area contributed by atoms with Crippen LogP contribution in [0, 0.1) is 17.2 Å². The molecular weight excluding hydrogens is 446 g/mol. The number of nitriles is 1. The first-order valence-corrected chi connectivity index (χ1v) is 10.4. The van der Waals surface area contributed by atoms with Gasteiger partial charge in [0, 0.05) is 16.9 Å². The zero-order valence-corrected chi connectivity index (χ0v) is 17.9. The van der Waals surface area contributed by atoms with Gasteiger partial charge in [-0.05, 0) is 24.1 Å². The van der Waals surface area contributed by atoms with Crippen molar-refractivity contribution in [3.63, 3.8) is 0 Å². The first kappa shape index (κ1) is 22.0. The number of nitrogens with zero attached hydrogens (tertiary/aromatic N) is 1. The van der Waals surface area contributed by atoms with Gasteiger partial charge in [-0.2, -0.15) is 5.26 Å². The quantitative estimate of drug-likeness (QED) is 0.472. The first-order valence-electron chi connectivity index (χ1n) is 8.60. The van der Waals surface area contributed by atoms with E-state index in [9.17, 15) is 19.6 Å². The number of ether oxygens (including phenoxy) is 1. The van der Waals surface area contributed by atoms with Gasteiger partial charge in [0.1, 0.15) is 5.92 Å². The van der Waals surface area contributed by atoms with Crippen LogP contribution in [0.2, 0.25) is 0 Å². The summed E-state index contributed by atoms with van der Waals surface area (Å²) in [5, 5.41) is 15.4. The average molecular weight is 466 g/mol. The molecule has 0 unspecified atom stereocenters. The van der Waals surface area contributed by atoms with Crippen LogP contribution >= 0.6 is 27.7 Å². The molecule has 0 radical (unpaired) electrons. The highest BCUT2D eigenvalue weighted by molar-refractivity contribution is 9.10. The van der Waals surface area contributed by atoms with Crippen LogP contribution in [-0.4, -0.2) is 37.2 Å². The summed E-state index contributed by atoms with van der Waals surface area (Å²) in [6, 6.07) is 9.18. The summed E-state index contributed by atoms with van der Waals surface area (Å²) in [5.74, 6) is -3.42. The molecule has 9 heteroatoms. The lowest BCUT2D eigenvalue weighted by Gasteiger charge is -2.31. The highest BCUT2D eigenvalue weighted by Crippen LogP contribution is 2.40. The second kappa shape index (κ2) is 10.3. The van der Waals surface area contributed by atoms with Gasteiger partial charge in [0.2, 0.25) is 11.8 Å². The summed E-state index contributed by atoms with van der Waals surface area (Å²) in [6.07, 6.45) is 0.811. The van der Waals surface area contributed by atoms with Crippen molar-refractivity contribution in [2.75, 3.05) is 19.4 Å². The summed E-state index contributed by atoms with van der Waals surface area (Å²) in [7, 11) is 1.20. The molecule has 0 spiro atoms. The Morgan fingerprint density at radius 3 is 2.79 bits per heavy atom. The van der Waals surface area contributed by atoms with Crippen LogP contribution in [0.15, 0.2) is 39.3 Å². The van der Waals surface area contributed by atoms with Crippen LogP contribution in [0.25, 0.3) is 0 Å². The van der Waals surface area contributed by atoms with E-state index in [-0.39, 0.29) is 22.3 Å². The van der Waals surface area contributed by atoms with Crippen LogP contribution in [0.1, 0.15) is 24.8 Å². The molecule has 2 amide bonds. The summed E-state index contributed by atoms with van der Waals surface area (Å²) in [4.78, 5) is 36.9. The summed E-state index contributed by atoms with van der Waals surface area (Å²) in [6.45, 7) is 2.50. The highest BCUT2D eigenvalue weighted by Gasteiger charge is 2.44. The number of allylic oxidation sites excluding steroid dienone is 1. The second-order valence-corrected chi connectivity index (χ2v) is 7.92. The van der Waals surface area contributed by atoms with Gasteiger partial charge in [-0.3, -0.25) is 14.4 Å². The Bertz CT molecular complexity index is 850. The lowest BCUT2D eigenvalue weighted by atomic mass is 9.78. The van der Waals surface area contributed by atoms with E-state index in [0.29, 0.717) is 12.1 Å². The number of hydrogen-bond donors (Lipinski definition) is 2. The molecule has 7 nitrogen and oxygen atoms in total. The van der Waals surface area contributed by atoms with Gasteiger partial charge in [0.25, 0.3) is 0 Å². The van der Waals surface area contributed by atoms with Crippen LogP contribution in [0.3, 0.4) is 0 Å². The molecule has 2 N–H and O–H groups in total. The Labute approximate surface area is 176 Å². The van der Waals surface area contributed by atoms with E-state index in [0.717, 1.165) is 22.7 Å². The van der Waals surface area contributed by atoms with Crippen molar-refractivity contribution in [1.82, 2.24) is 10.6 Å². The number of amides is 2. The number of methoxy groups -OCH3 is 1. The van der Waals surface area contributed by atoms with Gasteiger partial charge < -0.3 is 15.4 Å². The lowest BCUT2D eigenvalue weighted by molar-refractivity contribution is -0.150. The monoisotopic (exact) mass is 465 g/mol. The normalized spacial score (nSPS) is 18.9. The largest absolute Gasteiger partial charge is 0.468 e. The molecular formula is C19H20BrN3O4S. The molecule has 1 aliphatic rings. The minimum atomic E-state index is -1.19. The first-order chi connectivity index (χ1) is 13.4. The minimum absolute atomic E-state index is 0.0505. The number of nitrogens with one attached hydrogen (secondary N) is 2. The van der Waals surface area contributed by atoms with Crippen LogP contribution in [0.4, 0.5) is 0 Å². The maximum atomic E-state index is 12.7. The smallest absolute Gasteiger partial charge is 0.319 e. The maximum Gasteiger partial charge on any atom is 0.319 e. The van der Waals surface area contributed by atoms with Crippen LogP contribution in [-0.2, 0) is 19.1 Å². The molecule has 1 aromatic rings. The van der Waals surface area contributed by atoms with E-state index in [1.54, 1.807) is 18.2 Å². The number of halogens is 1. The number of thioether (sulfide) groups is 1. The van der Waals surface area contributed by atoms with Gasteiger partial charge in [-0.15, -0.1) is 0 Å². The predicted octanol–water partition coefficient (Wildman–Crippen LogP) is 2.45. The average Bonchev–Trinajstić information content (AvgIpc) is 2.69. The third kappa shape index (κ3) is 5.14. The number of esters is 1. The molecule has 0 aliphatic carbocycles. The second-order valence-electron chi connectivity index (χ2n) is 6.02. The zero-order chi connectivity index (χ0) is 20.7. The van der Waals surface area contributed by atoms with Gasteiger partial charge >= 0.3 is 5.97 Å². The third-order valence-corrected chi connectivity index (χ3v) is 5.62. The molecule has 0 saturated heterocycles. The highest BCUT2D eigenvalue weighted by atomic mass is 79.9. The van der Waals surface area contributed by atoms with E-state index in [1.165, 1.54) is 7.11 Å². The number of carbonyl (C=O) groups excluding carboxylic acids is 3. The summed E-state index contributed by atoms with van der Waals surface area (Å²) < 4.78 is 5.55. The fraction of sp³-hybridized carbons (Fsp3) is 0.368. The van der Waals surface area contributed by atoms with E-state index in [2.05, 4.69) is 32.6 Å². The minimum Gasteiger partial charge on any atom is -0.468 e. The van der Waals surface area contributed by atoms with Gasteiger partial charge in [-0.25, -0.2) is 0 Å². The fourth-order valence-electron chi connectivity index (χ4n) is 2.83. The summed E-state index contributed by atoms with van der Waals surface area (Å²) in [5.41, 5.74) is 0.853. The molecule has 1 aliphatic heterocycles. The van der Waals surface area contributed by atoms with Gasteiger partial charge in [0.05, 0.1) is 29.5 Å². The summed E-state index contributed by atoms with van der Waals surface area (Å²) >= 11 is 4.44. The van der Waals surface area contributed by atoms with Crippen molar-refractivity contribution in [3.05, 3.63) is 44.9 Å². The van der Waals surface area contributed by atoms with Crippen molar-refractivity contribution in [2.45, 2.75) is 19.3 Å². The van der Waals surface area contributed by atoms with Crippen molar-refractivity contribution in [3.8, 4) is 6.07 Å². The van der Waals surface area contributed by atoms with Gasteiger partial charge in [-0.1, -0.05) is 46.7 Å². The third-order valence-electron chi connectivity index (χ3n) is 4.11. The van der Waals surface area contributed by atoms with Crippen LogP contribution < -0.4 is 10.6 Å². The molecule has 28 heavy (non-hydrogen) atoms. The molecule has 0 aromatic heterocycles. The SMILES string of the molecule is CCCNC(=O)CSC1=C(C#N)[C@@H](c2cccc(Br)c2)[C@@H](C(=O)OC)C(=O)N1. The molecule has 148 valence electrons. The van der Waals surface area contributed by atoms with E-state index >= 15 is 0 Å². The number of carbonyl (C=O) groups is 3. The van der Waals surface area contributed by atoms with E-state index < -0.39 is 23.7 Å². The standard InChI is InChI=1S/C19H20BrN3O4S/c1-3-7-22-14(24)10-28-18-13(9-21)15(11-5-4-6-12(20)8-11)16(17(25)23-18)19(26)27-2/h4-6,8,15-16H,3,7,10H2,1-2H3,(H,22,24)(H,23,25)/t15-,16-/m1/s1. The zero-order valence-electron chi connectivity index (χ0n) is 15.5. The number of benzene rings is 1. The molecule has 0 bridgehead atoms. The van der Waals surface area contributed by atoms with Gasteiger partial charge in [0.15, 0.2) is 0 Å². The molecule has 0 fully saturated rings. The molecule has 2 rings (SSSR count). The fourth-order valence-corrected chi connectivity index (χ4v) is 4.13. The topological polar surface area (TPSA) is 108 Å². The molecule has 0 saturated carbocycles. The molecule has 2 atom stereocenters. The number of hydrogen-bond acceptors (Lipinski definition) is 6. The van der Waals surface area contributed by atoms with E-state index in [1.807, 2.05) is 13.0 Å². The van der Waals surface area contributed by atoms with Crippen LogP contribution in [0.5, 0.6) is 0 Å². The maximum absolute atomic E-state index is 12.7. The van der Waals surface area contributed by atoms with Crippen molar-refractivity contribution in [1.29, 1.82) is 5.26 Å². The Balaban J connectivity index is 2.43. The molecule has 1 heterocycles.